The molecule has 1 amide bonds. The lowest BCUT2D eigenvalue weighted by Gasteiger charge is -2.08. The van der Waals surface area contributed by atoms with E-state index in [-0.39, 0.29) is 27.2 Å². The smallest absolute Gasteiger partial charge is 0.320 e. The van der Waals surface area contributed by atoms with E-state index in [4.69, 9.17) is 11.6 Å². The van der Waals surface area contributed by atoms with E-state index in [9.17, 15) is 23.3 Å². The standard InChI is InChI=1S/C16H14ClN7O5S/c1-2-23-9-12(24(26)27)15(21-23)16(25)18-10-3-5-11(6-4-10)30(28,29)22-14-8-7-13(17)19-20-14/h3-9H,2H2,1H3,(H,18,25)(H,20,22). The van der Waals surface area contributed by atoms with Crippen LogP contribution >= 0.6 is 11.6 Å². The first-order valence-electron chi connectivity index (χ1n) is 8.35. The number of nitro groups is 1. The lowest BCUT2D eigenvalue weighted by Crippen LogP contribution is -2.16. The normalized spacial score (nSPS) is 11.1. The summed E-state index contributed by atoms with van der Waals surface area (Å²) in [6.07, 6.45) is 1.16. The number of nitrogens with zero attached hydrogens (tertiary/aromatic N) is 5. The summed E-state index contributed by atoms with van der Waals surface area (Å²) in [6, 6.07) is 7.90. The number of carbonyl (C=O) groups excluding carboxylic acids is 1. The molecule has 0 bridgehead atoms. The van der Waals surface area contributed by atoms with Gasteiger partial charge in [-0.2, -0.15) is 5.10 Å². The SMILES string of the molecule is CCn1cc([N+](=O)[O-])c(C(=O)Nc2ccc(S(=O)(=O)Nc3ccc(Cl)nn3)cc2)n1. The van der Waals surface area contributed by atoms with Crippen LogP contribution in [0.5, 0.6) is 0 Å². The van der Waals surface area contributed by atoms with Crippen molar-refractivity contribution in [3.63, 3.8) is 0 Å². The monoisotopic (exact) mass is 451 g/mol. The van der Waals surface area contributed by atoms with Crippen LogP contribution in [0.1, 0.15) is 17.4 Å². The Balaban J connectivity index is 1.76. The Labute approximate surface area is 175 Å². The second kappa shape index (κ2) is 8.42. The molecule has 0 spiro atoms. The highest BCUT2D eigenvalue weighted by Gasteiger charge is 2.25. The first-order valence-corrected chi connectivity index (χ1v) is 10.2. The van der Waals surface area contributed by atoms with E-state index in [1.54, 1.807) is 6.92 Å². The predicted molar refractivity (Wildman–Crippen MR) is 107 cm³/mol. The van der Waals surface area contributed by atoms with Gasteiger partial charge in [0.2, 0.25) is 5.69 Å². The highest BCUT2D eigenvalue weighted by atomic mass is 35.5. The summed E-state index contributed by atoms with van der Waals surface area (Å²) in [5, 5.41) is 24.7. The zero-order valence-corrected chi connectivity index (χ0v) is 16.9. The molecule has 30 heavy (non-hydrogen) atoms. The Bertz CT molecular complexity index is 1190. The van der Waals surface area contributed by atoms with Crippen LogP contribution in [-0.2, 0) is 16.6 Å². The molecule has 3 aromatic rings. The number of aryl methyl sites for hydroxylation is 1. The first kappa shape index (κ1) is 21.1. The van der Waals surface area contributed by atoms with E-state index >= 15 is 0 Å². The molecule has 0 aliphatic rings. The van der Waals surface area contributed by atoms with Crippen LogP contribution in [0, 0.1) is 10.1 Å². The van der Waals surface area contributed by atoms with Crippen molar-refractivity contribution in [3.8, 4) is 0 Å². The largest absolute Gasteiger partial charge is 0.320 e. The van der Waals surface area contributed by atoms with Crippen molar-refractivity contribution < 1.29 is 18.1 Å². The number of aromatic nitrogens is 4. The number of carbonyl (C=O) groups is 1. The number of sulfonamides is 1. The predicted octanol–water partition coefficient (Wildman–Crippen LogP) is 2.31. The number of benzene rings is 1. The summed E-state index contributed by atoms with van der Waals surface area (Å²) < 4.78 is 28.3. The van der Waals surface area contributed by atoms with E-state index in [1.807, 2.05) is 0 Å². The third kappa shape index (κ3) is 4.69. The van der Waals surface area contributed by atoms with Gasteiger partial charge in [-0.3, -0.25) is 24.3 Å². The van der Waals surface area contributed by atoms with Crippen molar-refractivity contribution in [3.05, 3.63) is 63.6 Å². The maximum Gasteiger partial charge on any atom is 0.320 e. The Hall–Kier alpha value is -3.58. The molecule has 0 saturated carbocycles. The van der Waals surface area contributed by atoms with E-state index < -0.39 is 26.5 Å². The van der Waals surface area contributed by atoms with Gasteiger partial charge in [-0.1, -0.05) is 11.6 Å². The van der Waals surface area contributed by atoms with Crippen LogP contribution in [0.2, 0.25) is 5.15 Å². The maximum atomic E-state index is 12.4. The van der Waals surface area contributed by atoms with Crippen molar-refractivity contribution in [1.29, 1.82) is 0 Å². The highest BCUT2D eigenvalue weighted by Crippen LogP contribution is 2.21. The van der Waals surface area contributed by atoms with Crippen LogP contribution in [0.25, 0.3) is 0 Å². The number of hydrogen-bond acceptors (Lipinski definition) is 8. The topological polar surface area (TPSA) is 162 Å². The molecule has 14 heteroatoms. The Morgan fingerprint density at radius 1 is 1.20 bits per heavy atom. The van der Waals surface area contributed by atoms with Crippen LogP contribution in [0.3, 0.4) is 0 Å². The van der Waals surface area contributed by atoms with Gasteiger partial charge >= 0.3 is 5.69 Å². The lowest BCUT2D eigenvalue weighted by atomic mass is 10.3. The molecule has 0 aliphatic carbocycles. The Morgan fingerprint density at radius 2 is 1.90 bits per heavy atom. The molecular formula is C16H14ClN7O5S. The van der Waals surface area contributed by atoms with Crippen molar-refractivity contribution in [2.75, 3.05) is 10.0 Å². The fraction of sp³-hybridized carbons (Fsp3) is 0.125. The summed E-state index contributed by atoms with van der Waals surface area (Å²) in [6.45, 7) is 2.08. The second-order valence-corrected chi connectivity index (χ2v) is 7.87. The van der Waals surface area contributed by atoms with Crippen LogP contribution in [0.4, 0.5) is 17.2 Å². The molecule has 3 rings (SSSR count). The molecule has 0 aliphatic heterocycles. The van der Waals surface area contributed by atoms with Gasteiger partial charge in [-0.15, -0.1) is 10.2 Å². The third-order valence-corrected chi connectivity index (χ3v) is 5.34. The van der Waals surface area contributed by atoms with Gasteiger partial charge in [0.1, 0.15) is 6.20 Å². The van der Waals surface area contributed by atoms with Gasteiger partial charge in [-0.05, 0) is 43.3 Å². The lowest BCUT2D eigenvalue weighted by molar-refractivity contribution is -0.385. The molecule has 0 unspecified atom stereocenters. The zero-order chi connectivity index (χ0) is 21.9. The number of nitrogens with one attached hydrogen (secondary N) is 2. The number of hydrogen-bond donors (Lipinski definition) is 2. The molecule has 2 heterocycles. The van der Waals surface area contributed by atoms with Crippen molar-refractivity contribution in [1.82, 2.24) is 20.0 Å². The van der Waals surface area contributed by atoms with Gasteiger partial charge < -0.3 is 5.32 Å². The molecule has 0 fully saturated rings. The molecule has 0 saturated heterocycles. The first-order chi connectivity index (χ1) is 14.2. The fourth-order valence-corrected chi connectivity index (χ4v) is 3.44. The second-order valence-electron chi connectivity index (χ2n) is 5.80. The molecule has 1 aromatic carbocycles. The number of halogens is 1. The maximum absolute atomic E-state index is 12.4. The average Bonchev–Trinajstić information content (AvgIpc) is 3.15. The fourth-order valence-electron chi connectivity index (χ4n) is 2.34. The van der Waals surface area contributed by atoms with Gasteiger partial charge in [0.05, 0.1) is 9.82 Å². The molecule has 0 radical (unpaired) electrons. The van der Waals surface area contributed by atoms with E-state index in [0.717, 1.165) is 6.20 Å². The summed E-state index contributed by atoms with van der Waals surface area (Å²) in [5.74, 6) is -0.810. The third-order valence-electron chi connectivity index (χ3n) is 3.77. The summed E-state index contributed by atoms with van der Waals surface area (Å²) >= 11 is 5.61. The number of rotatable bonds is 7. The minimum Gasteiger partial charge on any atom is -0.320 e. The van der Waals surface area contributed by atoms with Gasteiger partial charge in [0, 0.05) is 12.2 Å². The molecule has 156 valence electrons. The average molecular weight is 452 g/mol. The van der Waals surface area contributed by atoms with Gasteiger partial charge in [-0.25, -0.2) is 8.42 Å². The molecule has 2 N–H and O–H groups in total. The van der Waals surface area contributed by atoms with Crippen LogP contribution in [0.15, 0.2) is 47.5 Å². The zero-order valence-electron chi connectivity index (χ0n) is 15.3. The van der Waals surface area contributed by atoms with Gasteiger partial charge in [0.25, 0.3) is 15.9 Å². The Morgan fingerprint density at radius 3 is 2.47 bits per heavy atom. The van der Waals surface area contributed by atoms with Crippen molar-refractivity contribution in [2.45, 2.75) is 18.4 Å². The highest BCUT2D eigenvalue weighted by molar-refractivity contribution is 7.92. The summed E-state index contributed by atoms with van der Waals surface area (Å²) in [7, 11) is -3.95. The molecule has 12 nitrogen and oxygen atoms in total. The minimum atomic E-state index is -3.95. The van der Waals surface area contributed by atoms with E-state index in [2.05, 4.69) is 25.3 Å². The molecular weight excluding hydrogens is 438 g/mol. The van der Waals surface area contributed by atoms with E-state index in [1.165, 1.54) is 41.1 Å². The van der Waals surface area contributed by atoms with Crippen molar-refractivity contribution in [2.24, 2.45) is 0 Å². The number of amides is 1. The molecule has 2 aromatic heterocycles. The van der Waals surface area contributed by atoms with Crippen LogP contribution in [-0.4, -0.2) is 39.2 Å². The Kier molecular flexibility index (Phi) is 5.94. The number of anilines is 2. The summed E-state index contributed by atoms with van der Waals surface area (Å²) in [4.78, 5) is 22.7. The van der Waals surface area contributed by atoms with E-state index in [0.29, 0.717) is 6.54 Å². The molecule has 0 atom stereocenters. The van der Waals surface area contributed by atoms with Crippen molar-refractivity contribution >= 4 is 44.7 Å². The van der Waals surface area contributed by atoms with Gasteiger partial charge in [0.15, 0.2) is 11.0 Å². The van der Waals surface area contributed by atoms with Crippen LogP contribution < -0.4 is 10.0 Å². The summed E-state index contributed by atoms with van der Waals surface area (Å²) in [5.41, 5.74) is -0.547. The minimum absolute atomic E-state index is 0.0180. The quantitative estimate of drug-likeness (QED) is 0.408.